The van der Waals surface area contributed by atoms with Crippen molar-refractivity contribution < 1.29 is 14.3 Å². The zero-order valence-electron chi connectivity index (χ0n) is 15.5. The fraction of sp³-hybridized carbons (Fsp3) is 0.174. The number of carbonyl (C=O) groups excluding carboxylic acids is 1. The van der Waals surface area contributed by atoms with Crippen LogP contribution in [0.2, 0.25) is 0 Å². The lowest BCUT2D eigenvalue weighted by Gasteiger charge is -2.10. The van der Waals surface area contributed by atoms with Gasteiger partial charge in [0, 0.05) is 0 Å². The number of carbonyl (C=O) groups is 1. The number of hydrogen-bond donors (Lipinski definition) is 0. The van der Waals surface area contributed by atoms with Crippen LogP contribution in [0.25, 0.3) is 22.9 Å². The monoisotopic (exact) mass is 346 g/mol. The number of methoxy groups -OCH3 is 2. The van der Waals surface area contributed by atoms with Crippen molar-refractivity contribution in [3.05, 3.63) is 76.3 Å². The number of hydrogen-bond acceptors (Lipinski definition) is 3. The first-order valence-electron chi connectivity index (χ1n) is 8.48. The van der Waals surface area contributed by atoms with Gasteiger partial charge in [-0.2, -0.15) is 0 Å². The molecule has 3 rings (SSSR count). The minimum absolute atomic E-state index is 0.323. The highest BCUT2D eigenvalue weighted by Gasteiger charge is 2.11. The number of aryl methyl sites for hydroxylation is 1. The van der Waals surface area contributed by atoms with E-state index in [9.17, 15) is 4.79 Å². The molecule has 132 valence electrons. The Morgan fingerprint density at radius 2 is 1.65 bits per heavy atom. The van der Waals surface area contributed by atoms with E-state index in [1.807, 2.05) is 42.5 Å². The SMILES string of the molecule is COC(=O)c1ccc(/C=C/c2cc(C)c(C)c(OC)c2)c2ccccc12. The van der Waals surface area contributed by atoms with Gasteiger partial charge < -0.3 is 9.47 Å². The maximum Gasteiger partial charge on any atom is 0.338 e. The molecule has 0 unspecified atom stereocenters. The smallest absolute Gasteiger partial charge is 0.338 e. The van der Waals surface area contributed by atoms with Crippen molar-refractivity contribution >= 4 is 28.9 Å². The van der Waals surface area contributed by atoms with Crippen LogP contribution in [-0.2, 0) is 4.74 Å². The molecule has 0 fully saturated rings. The topological polar surface area (TPSA) is 35.5 Å². The van der Waals surface area contributed by atoms with E-state index in [2.05, 4.69) is 32.1 Å². The van der Waals surface area contributed by atoms with E-state index in [4.69, 9.17) is 9.47 Å². The molecule has 0 heterocycles. The Kier molecular flexibility index (Phi) is 5.08. The Bertz CT molecular complexity index is 1000. The molecule has 0 aliphatic carbocycles. The molecule has 0 saturated carbocycles. The van der Waals surface area contributed by atoms with Gasteiger partial charge in [0.15, 0.2) is 0 Å². The molecule has 0 amide bonds. The fourth-order valence-electron chi connectivity index (χ4n) is 3.10. The number of benzene rings is 3. The van der Waals surface area contributed by atoms with E-state index in [0.29, 0.717) is 5.56 Å². The summed E-state index contributed by atoms with van der Waals surface area (Å²) >= 11 is 0. The largest absolute Gasteiger partial charge is 0.496 e. The quantitative estimate of drug-likeness (QED) is 0.467. The van der Waals surface area contributed by atoms with Gasteiger partial charge in [0.25, 0.3) is 0 Å². The van der Waals surface area contributed by atoms with E-state index in [1.54, 1.807) is 7.11 Å². The molecule has 0 aliphatic heterocycles. The molecule has 26 heavy (non-hydrogen) atoms. The summed E-state index contributed by atoms with van der Waals surface area (Å²) in [7, 11) is 3.09. The van der Waals surface area contributed by atoms with Gasteiger partial charge in [-0.15, -0.1) is 0 Å². The zero-order valence-corrected chi connectivity index (χ0v) is 15.5. The first kappa shape index (κ1) is 17.7. The minimum Gasteiger partial charge on any atom is -0.496 e. The second kappa shape index (κ2) is 7.44. The molecular weight excluding hydrogens is 324 g/mol. The highest BCUT2D eigenvalue weighted by molar-refractivity contribution is 6.07. The maximum atomic E-state index is 12.0. The Morgan fingerprint density at radius 3 is 2.35 bits per heavy atom. The number of rotatable bonds is 4. The number of ether oxygens (including phenoxy) is 2. The molecule has 0 atom stereocenters. The Labute approximate surface area is 153 Å². The van der Waals surface area contributed by atoms with Gasteiger partial charge >= 0.3 is 5.97 Å². The van der Waals surface area contributed by atoms with E-state index in [0.717, 1.165) is 33.2 Å². The lowest BCUT2D eigenvalue weighted by Crippen LogP contribution is -2.02. The lowest BCUT2D eigenvalue weighted by molar-refractivity contribution is 0.0603. The third-order valence-electron chi connectivity index (χ3n) is 4.68. The molecule has 0 bridgehead atoms. The van der Waals surface area contributed by atoms with Crippen molar-refractivity contribution in [2.45, 2.75) is 13.8 Å². The van der Waals surface area contributed by atoms with Crippen molar-refractivity contribution in [1.29, 1.82) is 0 Å². The van der Waals surface area contributed by atoms with Crippen molar-refractivity contribution in [3.8, 4) is 5.75 Å². The molecule has 0 aliphatic rings. The van der Waals surface area contributed by atoms with Crippen molar-refractivity contribution in [2.75, 3.05) is 14.2 Å². The van der Waals surface area contributed by atoms with Crippen molar-refractivity contribution in [2.24, 2.45) is 0 Å². The van der Waals surface area contributed by atoms with Crippen LogP contribution in [0.3, 0.4) is 0 Å². The maximum absolute atomic E-state index is 12.0. The normalized spacial score (nSPS) is 11.1. The Morgan fingerprint density at radius 1 is 0.923 bits per heavy atom. The summed E-state index contributed by atoms with van der Waals surface area (Å²) in [6.07, 6.45) is 4.13. The van der Waals surface area contributed by atoms with Crippen LogP contribution >= 0.6 is 0 Å². The highest BCUT2D eigenvalue weighted by atomic mass is 16.5. The van der Waals surface area contributed by atoms with Gasteiger partial charge in [0.1, 0.15) is 5.75 Å². The van der Waals surface area contributed by atoms with Gasteiger partial charge in [-0.25, -0.2) is 4.79 Å². The van der Waals surface area contributed by atoms with Gasteiger partial charge in [-0.05, 0) is 59.0 Å². The Hall–Kier alpha value is -3.07. The predicted octanol–water partition coefficient (Wildman–Crippen LogP) is 5.42. The van der Waals surface area contributed by atoms with Crippen LogP contribution in [0.15, 0.2) is 48.5 Å². The number of esters is 1. The summed E-state index contributed by atoms with van der Waals surface area (Å²) in [4.78, 5) is 12.0. The van der Waals surface area contributed by atoms with Gasteiger partial charge in [-0.1, -0.05) is 48.6 Å². The molecular formula is C23H22O3. The fourth-order valence-corrected chi connectivity index (χ4v) is 3.10. The van der Waals surface area contributed by atoms with Crippen molar-refractivity contribution in [3.63, 3.8) is 0 Å². The van der Waals surface area contributed by atoms with Crippen LogP contribution in [0, 0.1) is 13.8 Å². The van der Waals surface area contributed by atoms with Crippen LogP contribution in [0.1, 0.15) is 32.6 Å². The van der Waals surface area contributed by atoms with Crippen LogP contribution in [0.4, 0.5) is 0 Å². The summed E-state index contributed by atoms with van der Waals surface area (Å²) in [5.74, 6) is 0.561. The first-order valence-corrected chi connectivity index (χ1v) is 8.48. The van der Waals surface area contributed by atoms with Crippen LogP contribution in [0.5, 0.6) is 5.75 Å². The molecule has 3 aromatic carbocycles. The molecule has 0 N–H and O–H groups in total. The predicted molar refractivity (Wildman–Crippen MR) is 107 cm³/mol. The van der Waals surface area contributed by atoms with E-state index >= 15 is 0 Å². The van der Waals surface area contributed by atoms with E-state index in [-0.39, 0.29) is 5.97 Å². The Balaban J connectivity index is 2.06. The van der Waals surface area contributed by atoms with Gasteiger partial charge in [0.05, 0.1) is 19.8 Å². The summed E-state index contributed by atoms with van der Waals surface area (Å²) < 4.78 is 10.4. The first-order chi connectivity index (χ1) is 12.5. The summed E-state index contributed by atoms with van der Waals surface area (Å²) in [6, 6.07) is 15.8. The average Bonchev–Trinajstić information content (AvgIpc) is 2.67. The lowest BCUT2D eigenvalue weighted by atomic mass is 9.98. The molecule has 3 nitrogen and oxygen atoms in total. The standard InChI is InChI=1S/C23H22O3/c1-15-13-17(14-22(25-3)16(15)2)9-10-18-11-12-21(23(24)26-4)20-8-6-5-7-19(18)20/h5-14H,1-4H3/b10-9+. The van der Waals surface area contributed by atoms with Crippen LogP contribution in [-0.4, -0.2) is 20.2 Å². The summed E-state index contributed by atoms with van der Waals surface area (Å²) in [5.41, 5.74) is 5.04. The molecule has 0 aromatic heterocycles. The molecule has 3 aromatic rings. The summed E-state index contributed by atoms with van der Waals surface area (Å²) in [6.45, 7) is 4.14. The van der Waals surface area contributed by atoms with E-state index < -0.39 is 0 Å². The van der Waals surface area contributed by atoms with Crippen molar-refractivity contribution in [1.82, 2.24) is 0 Å². The van der Waals surface area contributed by atoms with Gasteiger partial charge in [0.2, 0.25) is 0 Å². The average molecular weight is 346 g/mol. The minimum atomic E-state index is -0.323. The highest BCUT2D eigenvalue weighted by Crippen LogP contribution is 2.27. The molecule has 0 radical (unpaired) electrons. The second-order valence-corrected chi connectivity index (χ2v) is 6.24. The van der Waals surface area contributed by atoms with Gasteiger partial charge in [-0.3, -0.25) is 0 Å². The van der Waals surface area contributed by atoms with Crippen LogP contribution < -0.4 is 4.74 Å². The van der Waals surface area contributed by atoms with E-state index in [1.165, 1.54) is 12.7 Å². The third-order valence-corrected chi connectivity index (χ3v) is 4.68. The zero-order chi connectivity index (χ0) is 18.7. The second-order valence-electron chi connectivity index (χ2n) is 6.24. The third kappa shape index (κ3) is 3.33. The molecule has 0 spiro atoms. The molecule has 0 saturated heterocycles. The summed E-state index contributed by atoms with van der Waals surface area (Å²) in [5, 5.41) is 1.90. The number of fused-ring (bicyclic) bond motifs is 1. The molecule has 3 heteroatoms.